The zero-order valence-corrected chi connectivity index (χ0v) is 18.2. The Morgan fingerprint density at radius 2 is 1.75 bits per heavy atom. The summed E-state index contributed by atoms with van der Waals surface area (Å²) in [7, 11) is 0. The first kappa shape index (κ1) is 20.2. The Morgan fingerprint density at radius 3 is 2.50 bits per heavy atom. The highest BCUT2D eigenvalue weighted by atomic mass is 32.2. The van der Waals surface area contributed by atoms with Crippen LogP contribution in [0.15, 0.2) is 83.9 Å². The van der Waals surface area contributed by atoms with Crippen LogP contribution in [-0.2, 0) is 11.3 Å². The summed E-state index contributed by atoms with van der Waals surface area (Å²) >= 11 is 1.27. The van der Waals surface area contributed by atoms with Gasteiger partial charge in [-0.1, -0.05) is 60.3 Å². The van der Waals surface area contributed by atoms with Crippen molar-refractivity contribution >= 4 is 45.5 Å². The van der Waals surface area contributed by atoms with E-state index in [2.05, 4.69) is 21.7 Å². The Balaban J connectivity index is 1.47. The lowest BCUT2D eigenvalue weighted by atomic mass is 10.2. The Kier molecular flexibility index (Phi) is 5.33. The minimum atomic E-state index is -0.358. The van der Waals surface area contributed by atoms with Crippen molar-refractivity contribution < 1.29 is 9.59 Å². The third-order valence-electron chi connectivity index (χ3n) is 5.32. The number of carbonyl (C=O) groups excluding carboxylic acids is 2. The first-order valence-corrected chi connectivity index (χ1v) is 11.2. The van der Waals surface area contributed by atoms with Gasteiger partial charge in [0.05, 0.1) is 22.5 Å². The van der Waals surface area contributed by atoms with Crippen LogP contribution in [0.3, 0.4) is 0 Å². The molecule has 0 N–H and O–H groups in total. The SMILES string of the molecule is Cc1nc2cc(N=C3SCC(=O)N3C(=O)c3ccccc3)ccc2n1Cc1ccccc1. The highest BCUT2D eigenvalue weighted by Crippen LogP contribution is 2.28. The molecule has 6 nitrogen and oxygen atoms in total. The molecular weight excluding hydrogens is 420 g/mol. The second-order valence-electron chi connectivity index (χ2n) is 7.49. The Hall–Kier alpha value is -3.71. The first-order chi connectivity index (χ1) is 15.6. The molecule has 0 saturated carbocycles. The molecule has 4 aromatic rings. The molecule has 0 aliphatic carbocycles. The molecule has 32 heavy (non-hydrogen) atoms. The van der Waals surface area contributed by atoms with E-state index in [1.807, 2.05) is 49.4 Å². The van der Waals surface area contributed by atoms with Crippen molar-refractivity contribution in [1.82, 2.24) is 14.5 Å². The number of fused-ring (bicyclic) bond motifs is 1. The van der Waals surface area contributed by atoms with Crippen molar-refractivity contribution in [2.75, 3.05) is 5.75 Å². The number of nitrogens with zero attached hydrogens (tertiary/aromatic N) is 4. The number of aromatic nitrogens is 2. The number of aliphatic imine (C=N–C) groups is 1. The fourth-order valence-electron chi connectivity index (χ4n) is 3.74. The highest BCUT2D eigenvalue weighted by molar-refractivity contribution is 8.15. The van der Waals surface area contributed by atoms with Gasteiger partial charge in [0, 0.05) is 12.1 Å². The lowest BCUT2D eigenvalue weighted by molar-refractivity contribution is -0.122. The van der Waals surface area contributed by atoms with Crippen molar-refractivity contribution in [3.63, 3.8) is 0 Å². The van der Waals surface area contributed by atoms with Gasteiger partial charge in [-0.15, -0.1) is 0 Å². The average Bonchev–Trinajstić information content (AvgIpc) is 3.33. The number of carbonyl (C=O) groups is 2. The molecular formula is C25H20N4O2S. The summed E-state index contributed by atoms with van der Waals surface area (Å²) in [6.07, 6.45) is 0. The van der Waals surface area contributed by atoms with Crippen molar-refractivity contribution in [2.24, 2.45) is 4.99 Å². The topological polar surface area (TPSA) is 67.6 Å². The molecule has 0 atom stereocenters. The molecule has 0 spiro atoms. The van der Waals surface area contributed by atoms with E-state index in [0.717, 1.165) is 23.4 Å². The Morgan fingerprint density at radius 1 is 1.03 bits per heavy atom. The van der Waals surface area contributed by atoms with Crippen LogP contribution in [0.1, 0.15) is 21.7 Å². The molecule has 2 heterocycles. The minimum Gasteiger partial charge on any atom is -0.324 e. The van der Waals surface area contributed by atoms with Gasteiger partial charge in [-0.2, -0.15) is 0 Å². The molecule has 0 bridgehead atoms. The number of aryl methyl sites for hydroxylation is 1. The predicted octanol–water partition coefficient (Wildman–Crippen LogP) is 4.80. The fraction of sp³-hybridized carbons (Fsp3) is 0.120. The summed E-state index contributed by atoms with van der Waals surface area (Å²) in [4.78, 5) is 35.8. The molecule has 1 aliphatic heterocycles. The second kappa shape index (κ2) is 8.43. The lowest BCUT2D eigenvalue weighted by Crippen LogP contribution is -2.35. The maximum Gasteiger partial charge on any atom is 0.266 e. The van der Waals surface area contributed by atoms with Crippen molar-refractivity contribution in [3.05, 3.63) is 95.8 Å². The van der Waals surface area contributed by atoms with Crippen LogP contribution in [-0.4, -0.2) is 37.2 Å². The van der Waals surface area contributed by atoms with Gasteiger partial charge in [0.15, 0.2) is 5.17 Å². The normalized spacial score (nSPS) is 15.1. The van der Waals surface area contributed by atoms with Crippen LogP contribution in [0.5, 0.6) is 0 Å². The van der Waals surface area contributed by atoms with Gasteiger partial charge in [-0.3, -0.25) is 9.59 Å². The summed E-state index contributed by atoms with van der Waals surface area (Å²) in [6, 6.07) is 24.8. The van der Waals surface area contributed by atoms with E-state index in [9.17, 15) is 9.59 Å². The molecule has 0 unspecified atom stereocenters. The summed E-state index contributed by atoms with van der Waals surface area (Å²) in [5.74, 6) is 0.500. The van der Waals surface area contributed by atoms with E-state index in [4.69, 9.17) is 4.98 Å². The van der Waals surface area contributed by atoms with Gasteiger partial charge in [-0.25, -0.2) is 14.9 Å². The van der Waals surface area contributed by atoms with Crippen LogP contribution < -0.4 is 0 Å². The first-order valence-electron chi connectivity index (χ1n) is 10.2. The molecule has 1 fully saturated rings. The number of hydrogen-bond acceptors (Lipinski definition) is 5. The minimum absolute atomic E-state index is 0.199. The van der Waals surface area contributed by atoms with E-state index in [0.29, 0.717) is 16.4 Å². The van der Waals surface area contributed by atoms with Gasteiger partial charge in [0.2, 0.25) is 5.91 Å². The smallest absolute Gasteiger partial charge is 0.266 e. The third kappa shape index (κ3) is 3.83. The standard InChI is InChI=1S/C25H20N4O2S/c1-17-26-21-14-20(12-13-22(21)28(17)15-18-8-4-2-5-9-18)27-25-29(23(30)16-32-25)24(31)19-10-6-3-7-11-19/h2-14H,15-16H2,1H3. The van der Waals surface area contributed by atoms with Gasteiger partial charge < -0.3 is 4.57 Å². The second-order valence-corrected chi connectivity index (χ2v) is 8.43. The van der Waals surface area contributed by atoms with E-state index < -0.39 is 0 Å². The molecule has 2 amide bonds. The van der Waals surface area contributed by atoms with Gasteiger partial charge in [0.1, 0.15) is 5.82 Å². The van der Waals surface area contributed by atoms with Crippen molar-refractivity contribution in [3.8, 4) is 0 Å². The number of rotatable bonds is 4. The Bertz CT molecular complexity index is 1350. The maximum absolute atomic E-state index is 12.9. The monoisotopic (exact) mass is 440 g/mol. The van der Waals surface area contributed by atoms with Crippen LogP contribution in [0, 0.1) is 6.92 Å². The largest absolute Gasteiger partial charge is 0.324 e. The van der Waals surface area contributed by atoms with E-state index >= 15 is 0 Å². The number of amides is 2. The zero-order valence-electron chi connectivity index (χ0n) is 17.4. The Labute approximate surface area is 189 Å². The quantitative estimate of drug-likeness (QED) is 0.428. The highest BCUT2D eigenvalue weighted by Gasteiger charge is 2.34. The molecule has 1 aromatic heterocycles. The van der Waals surface area contributed by atoms with Gasteiger partial charge in [-0.05, 0) is 42.8 Å². The average molecular weight is 441 g/mol. The van der Waals surface area contributed by atoms with E-state index in [-0.39, 0.29) is 17.6 Å². The third-order valence-corrected chi connectivity index (χ3v) is 6.24. The predicted molar refractivity (Wildman–Crippen MR) is 127 cm³/mol. The van der Waals surface area contributed by atoms with Gasteiger partial charge in [0.25, 0.3) is 5.91 Å². The van der Waals surface area contributed by atoms with E-state index in [1.54, 1.807) is 24.3 Å². The summed E-state index contributed by atoms with van der Waals surface area (Å²) < 4.78 is 2.17. The number of imidazole rings is 1. The molecule has 1 saturated heterocycles. The summed E-state index contributed by atoms with van der Waals surface area (Å²) in [5.41, 5.74) is 4.17. The molecule has 1 aliphatic rings. The molecule has 0 radical (unpaired) electrons. The number of amidine groups is 1. The number of imide groups is 1. The summed E-state index contributed by atoms with van der Waals surface area (Å²) in [6.45, 7) is 2.72. The molecule has 3 aromatic carbocycles. The summed E-state index contributed by atoms with van der Waals surface area (Å²) in [5, 5.41) is 0.392. The fourth-order valence-corrected chi connectivity index (χ4v) is 4.60. The van der Waals surface area contributed by atoms with Crippen LogP contribution >= 0.6 is 11.8 Å². The van der Waals surface area contributed by atoms with E-state index in [1.165, 1.54) is 22.2 Å². The zero-order chi connectivity index (χ0) is 22.1. The van der Waals surface area contributed by atoms with Crippen LogP contribution in [0.4, 0.5) is 5.69 Å². The van der Waals surface area contributed by atoms with Gasteiger partial charge >= 0.3 is 0 Å². The molecule has 158 valence electrons. The van der Waals surface area contributed by atoms with Crippen molar-refractivity contribution in [2.45, 2.75) is 13.5 Å². The van der Waals surface area contributed by atoms with Crippen LogP contribution in [0.2, 0.25) is 0 Å². The van der Waals surface area contributed by atoms with Crippen LogP contribution in [0.25, 0.3) is 11.0 Å². The number of benzene rings is 3. The lowest BCUT2D eigenvalue weighted by Gasteiger charge is -2.14. The number of hydrogen-bond donors (Lipinski definition) is 0. The van der Waals surface area contributed by atoms with Crippen molar-refractivity contribution in [1.29, 1.82) is 0 Å². The maximum atomic E-state index is 12.9. The molecule has 7 heteroatoms. The number of thioether (sulfide) groups is 1. The molecule has 5 rings (SSSR count).